The Bertz CT molecular complexity index is 501. The highest BCUT2D eigenvalue weighted by atomic mass is 16.7. The highest BCUT2D eigenvalue weighted by molar-refractivity contribution is 6.04. The van der Waals surface area contributed by atoms with Crippen LogP contribution in [0.25, 0.3) is 0 Å². The van der Waals surface area contributed by atoms with Gasteiger partial charge < -0.3 is 19.9 Å². The van der Waals surface area contributed by atoms with Crippen molar-refractivity contribution in [3.05, 3.63) is 41.6 Å². The molecule has 1 fully saturated rings. The Hall–Kier alpha value is -1.85. The zero-order valence-corrected chi connectivity index (χ0v) is 11.7. The first-order valence-electron chi connectivity index (χ1n) is 6.45. The average molecular weight is 277 g/mol. The van der Waals surface area contributed by atoms with E-state index in [2.05, 4.69) is 0 Å². The monoisotopic (exact) mass is 277 g/mol. The highest BCUT2D eigenvalue weighted by Gasteiger charge is 2.31. The van der Waals surface area contributed by atoms with Crippen LogP contribution in [0.15, 0.2) is 36.0 Å². The normalized spacial score (nSPS) is 18.0. The second-order valence-electron chi connectivity index (χ2n) is 4.82. The molecule has 0 unspecified atom stereocenters. The van der Waals surface area contributed by atoms with E-state index >= 15 is 0 Å². The number of hydrogen-bond donors (Lipinski definition) is 1. The summed E-state index contributed by atoms with van der Waals surface area (Å²) in [6.07, 6.45) is 1.78. The Morgan fingerprint density at radius 2 is 1.95 bits per heavy atom. The summed E-state index contributed by atoms with van der Waals surface area (Å²) in [5.74, 6) is -0.161. The van der Waals surface area contributed by atoms with Crippen molar-refractivity contribution in [3.63, 3.8) is 0 Å². The van der Waals surface area contributed by atoms with Gasteiger partial charge in [-0.1, -0.05) is 0 Å². The van der Waals surface area contributed by atoms with Gasteiger partial charge in [0.25, 0.3) is 0 Å². The Balaban J connectivity index is 2.02. The van der Waals surface area contributed by atoms with Crippen LogP contribution in [0.5, 0.6) is 5.75 Å². The van der Waals surface area contributed by atoms with Gasteiger partial charge in [0.2, 0.25) is 0 Å². The van der Waals surface area contributed by atoms with Crippen LogP contribution in [-0.4, -0.2) is 31.9 Å². The number of rotatable bonds is 5. The lowest BCUT2D eigenvalue weighted by molar-refractivity contribution is -0.140. The smallest absolute Gasteiger partial charge is 0.187 e. The van der Waals surface area contributed by atoms with Gasteiger partial charge in [-0.2, -0.15) is 0 Å². The van der Waals surface area contributed by atoms with Gasteiger partial charge in [-0.05, 0) is 31.2 Å². The van der Waals surface area contributed by atoms with Crippen molar-refractivity contribution >= 4 is 5.78 Å². The highest BCUT2D eigenvalue weighted by Crippen LogP contribution is 2.25. The van der Waals surface area contributed by atoms with Crippen LogP contribution in [0.1, 0.15) is 23.7 Å². The van der Waals surface area contributed by atoms with Crippen molar-refractivity contribution < 1.29 is 19.0 Å². The number of allylic oxidation sites excluding steroid dienone is 1. The maximum Gasteiger partial charge on any atom is 0.187 e. The van der Waals surface area contributed by atoms with E-state index in [4.69, 9.17) is 19.9 Å². The summed E-state index contributed by atoms with van der Waals surface area (Å²) in [6, 6.07) is 6.88. The fourth-order valence-corrected chi connectivity index (χ4v) is 2.09. The van der Waals surface area contributed by atoms with Crippen LogP contribution >= 0.6 is 0 Å². The Morgan fingerprint density at radius 1 is 1.35 bits per heavy atom. The summed E-state index contributed by atoms with van der Waals surface area (Å²) < 4.78 is 16.0. The average Bonchev–Trinajstić information content (AvgIpc) is 2.84. The van der Waals surface area contributed by atoms with Crippen LogP contribution in [0.3, 0.4) is 0 Å². The van der Waals surface area contributed by atoms with Crippen molar-refractivity contribution in [1.82, 2.24) is 0 Å². The molecule has 2 rings (SSSR count). The lowest BCUT2D eigenvalue weighted by atomic mass is 10.1. The maximum absolute atomic E-state index is 12.1. The molecule has 1 aliphatic rings. The van der Waals surface area contributed by atoms with E-state index < -0.39 is 5.79 Å². The molecule has 1 saturated heterocycles. The van der Waals surface area contributed by atoms with Crippen LogP contribution < -0.4 is 10.5 Å². The minimum absolute atomic E-state index is 0.147. The van der Waals surface area contributed by atoms with Gasteiger partial charge in [0, 0.05) is 23.8 Å². The van der Waals surface area contributed by atoms with Crippen LogP contribution in [0, 0.1) is 0 Å². The molecule has 5 nitrogen and oxygen atoms in total. The molecule has 1 aliphatic heterocycles. The third-order valence-electron chi connectivity index (χ3n) is 3.11. The number of ketones is 1. The molecule has 5 heteroatoms. The summed E-state index contributed by atoms with van der Waals surface area (Å²) >= 11 is 0. The lowest BCUT2D eigenvalue weighted by Gasteiger charge is -2.22. The molecule has 1 aromatic rings. The van der Waals surface area contributed by atoms with Crippen LogP contribution in [-0.2, 0) is 9.47 Å². The predicted octanol–water partition coefficient (Wildman–Crippen LogP) is 1.87. The SMILES string of the molecule is COc1ccc(C(=O)/C=C(\N)CC2(C)OCCO2)cc1. The fraction of sp³-hybridized carbons (Fsp3) is 0.400. The summed E-state index contributed by atoms with van der Waals surface area (Å²) in [5, 5.41) is 0. The van der Waals surface area contributed by atoms with Crippen molar-refractivity contribution in [3.8, 4) is 5.75 Å². The number of hydrogen-bond acceptors (Lipinski definition) is 5. The minimum atomic E-state index is -0.721. The van der Waals surface area contributed by atoms with E-state index in [0.717, 1.165) is 0 Å². The number of ether oxygens (including phenoxy) is 3. The zero-order chi connectivity index (χ0) is 14.6. The maximum atomic E-state index is 12.1. The Kier molecular flexibility index (Phi) is 4.42. The molecule has 0 atom stereocenters. The molecule has 1 aromatic carbocycles. The third-order valence-corrected chi connectivity index (χ3v) is 3.11. The first-order chi connectivity index (χ1) is 9.52. The van der Waals surface area contributed by atoms with Gasteiger partial charge in [-0.25, -0.2) is 0 Å². The second kappa shape index (κ2) is 6.07. The summed E-state index contributed by atoms with van der Waals surface area (Å²) in [5.41, 5.74) is 6.89. The van der Waals surface area contributed by atoms with E-state index in [1.807, 2.05) is 6.92 Å². The van der Waals surface area contributed by atoms with Gasteiger partial charge in [-0.15, -0.1) is 0 Å². The molecule has 20 heavy (non-hydrogen) atoms. The molecular formula is C15H19NO4. The van der Waals surface area contributed by atoms with E-state index in [1.54, 1.807) is 31.4 Å². The van der Waals surface area contributed by atoms with Crippen LogP contribution in [0.4, 0.5) is 0 Å². The molecule has 2 N–H and O–H groups in total. The number of methoxy groups -OCH3 is 1. The van der Waals surface area contributed by atoms with Crippen LogP contribution in [0.2, 0.25) is 0 Å². The van der Waals surface area contributed by atoms with Crippen molar-refractivity contribution in [2.45, 2.75) is 19.1 Å². The van der Waals surface area contributed by atoms with E-state index in [9.17, 15) is 4.79 Å². The number of nitrogens with two attached hydrogens (primary N) is 1. The van der Waals surface area contributed by atoms with E-state index in [1.165, 1.54) is 6.08 Å². The zero-order valence-electron chi connectivity index (χ0n) is 11.7. The molecular weight excluding hydrogens is 258 g/mol. The van der Waals surface area contributed by atoms with E-state index in [0.29, 0.717) is 36.6 Å². The Labute approximate surface area is 118 Å². The summed E-state index contributed by atoms with van der Waals surface area (Å²) in [6.45, 7) is 2.92. The molecule has 1 heterocycles. The topological polar surface area (TPSA) is 70.8 Å². The number of benzene rings is 1. The molecule has 108 valence electrons. The van der Waals surface area contributed by atoms with Gasteiger partial charge in [-0.3, -0.25) is 4.79 Å². The van der Waals surface area contributed by atoms with E-state index in [-0.39, 0.29) is 5.78 Å². The van der Waals surface area contributed by atoms with Crippen molar-refractivity contribution in [1.29, 1.82) is 0 Å². The molecule has 0 aromatic heterocycles. The van der Waals surface area contributed by atoms with Gasteiger partial charge in [0.1, 0.15) is 5.75 Å². The molecule has 0 amide bonds. The summed E-state index contributed by atoms with van der Waals surface area (Å²) in [4.78, 5) is 12.1. The van der Waals surface area contributed by atoms with Gasteiger partial charge in [0.15, 0.2) is 11.6 Å². The second-order valence-corrected chi connectivity index (χ2v) is 4.82. The minimum Gasteiger partial charge on any atom is -0.497 e. The number of carbonyl (C=O) groups excluding carboxylic acids is 1. The molecule has 0 bridgehead atoms. The first-order valence-corrected chi connectivity index (χ1v) is 6.45. The van der Waals surface area contributed by atoms with Gasteiger partial charge >= 0.3 is 0 Å². The first kappa shape index (κ1) is 14.6. The van der Waals surface area contributed by atoms with Crippen molar-refractivity contribution in [2.24, 2.45) is 5.73 Å². The quantitative estimate of drug-likeness (QED) is 0.657. The lowest BCUT2D eigenvalue weighted by Crippen LogP contribution is -2.28. The molecule has 0 aliphatic carbocycles. The van der Waals surface area contributed by atoms with Gasteiger partial charge in [0.05, 0.1) is 20.3 Å². The molecule has 0 radical (unpaired) electrons. The largest absolute Gasteiger partial charge is 0.497 e. The number of carbonyl (C=O) groups is 1. The molecule has 0 spiro atoms. The predicted molar refractivity (Wildman–Crippen MR) is 74.5 cm³/mol. The summed E-state index contributed by atoms with van der Waals surface area (Å²) in [7, 11) is 1.58. The third kappa shape index (κ3) is 3.59. The van der Waals surface area contributed by atoms with Crippen molar-refractivity contribution in [2.75, 3.05) is 20.3 Å². The Morgan fingerprint density at radius 3 is 2.50 bits per heavy atom. The fourth-order valence-electron chi connectivity index (χ4n) is 2.09. The standard InChI is InChI=1S/C15H19NO4/c1-15(19-7-8-20-15)10-12(16)9-14(17)11-3-5-13(18-2)6-4-11/h3-6,9H,7-8,10,16H2,1-2H3/b12-9-. The molecule has 0 saturated carbocycles.